The van der Waals surface area contributed by atoms with Gasteiger partial charge in [-0.3, -0.25) is 10.1 Å². The van der Waals surface area contributed by atoms with Gasteiger partial charge in [0.25, 0.3) is 0 Å². The average molecular weight is 493 g/mol. The van der Waals surface area contributed by atoms with E-state index in [-0.39, 0.29) is 0 Å². The summed E-state index contributed by atoms with van der Waals surface area (Å²) in [5.74, 6) is 1.02. The first-order valence-electron chi connectivity index (χ1n) is 12.3. The van der Waals surface area contributed by atoms with Gasteiger partial charge in [0.1, 0.15) is 28.2 Å². The number of para-hydroxylation sites is 3. The fourth-order valence-electron chi connectivity index (χ4n) is 5.01. The molecule has 6 aromatic rings. The molecule has 0 spiro atoms. The normalized spacial score (nSPS) is 14.3. The number of H-pyrrole nitrogens is 1. The van der Waals surface area contributed by atoms with Crippen LogP contribution in [0.3, 0.4) is 0 Å². The summed E-state index contributed by atoms with van der Waals surface area (Å²) in [5, 5.41) is 10.0. The molecule has 3 aromatic carbocycles. The molecule has 0 aliphatic rings. The van der Waals surface area contributed by atoms with E-state index < -0.39 is 17.5 Å². The number of primary amides is 1. The average Bonchev–Trinajstić information content (AvgIpc) is 3.63. The van der Waals surface area contributed by atoms with Gasteiger partial charge in [-0.1, -0.05) is 54.6 Å². The van der Waals surface area contributed by atoms with Crippen LogP contribution in [0.1, 0.15) is 30.0 Å². The molecule has 3 aromatic heterocycles. The molecule has 0 saturated heterocycles. The lowest BCUT2D eigenvalue weighted by atomic mass is 9.85. The van der Waals surface area contributed by atoms with Gasteiger partial charge in [0, 0.05) is 27.9 Å². The highest BCUT2D eigenvalue weighted by Gasteiger charge is 2.41. The number of hydrogen-bond donors (Lipinski definition) is 4. The molecule has 0 fully saturated rings. The summed E-state index contributed by atoms with van der Waals surface area (Å²) in [6.45, 7) is 2.57. The molecule has 0 radical (unpaired) electrons. The zero-order chi connectivity index (χ0) is 25.4. The van der Waals surface area contributed by atoms with Crippen molar-refractivity contribution < 1.29 is 13.6 Å². The molecule has 2 atom stereocenters. The first-order valence-corrected chi connectivity index (χ1v) is 12.3. The van der Waals surface area contributed by atoms with Crippen LogP contribution in [-0.2, 0) is 17.9 Å². The summed E-state index contributed by atoms with van der Waals surface area (Å²) < 4.78 is 12.0. The molecular weight excluding hydrogens is 464 g/mol. The van der Waals surface area contributed by atoms with Crippen LogP contribution in [0.4, 0.5) is 0 Å². The third-order valence-electron chi connectivity index (χ3n) is 7.08. The molecule has 6 rings (SSSR count). The highest BCUT2D eigenvalue weighted by Crippen LogP contribution is 2.33. The molecule has 1 amide bonds. The van der Waals surface area contributed by atoms with Gasteiger partial charge in [-0.2, -0.15) is 0 Å². The van der Waals surface area contributed by atoms with Gasteiger partial charge in [-0.25, -0.2) is 0 Å². The number of nitrogens with two attached hydrogens (primary N) is 1. The summed E-state index contributed by atoms with van der Waals surface area (Å²) >= 11 is 0. The molecule has 2 unspecified atom stereocenters. The number of benzene rings is 3. The second-order valence-electron chi connectivity index (χ2n) is 9.52. The van der Waals surface area contributed by atoms with Crippen LogP contribution in [0.15, 0.2) is 100.0 Å². The molecule has 7 heteroatoms. The maximum absolute atomic E-state index is 13.1. The maximum Gasteiger partial charge on any atom is 0.239 e. The number of nitrogens with one attached hydrogen (secondary N) is 3. The Kier molecular flexibility index (Phi) is 5.79. The smallest absolute Gasteiger partial charge is 0.239 e. The Labute approximate surface area is 213 Å². The lowest BCUT2D eigenvalue weighted by Gasteiger charge is -2.36. The van der Waals surface area contributed by atoms with Crippen LogP contribution in [0.2, 0.25) is 0 Å². The molecule has 0 saturated carbocycles. The van der Waals surface area contributed by atoms with Crippen molar-refractivity contribution in [1.29, 1.82) is 0 Å². The van der Waals surface area contributed by atoms with E-state index in [2.05, 4.69) is 15.6 Å². The van der Waals surface area contributed by atoms with Crippen molar-refractivity contribution in [3.8, 4) is 0 Å². The molecule has 186 valence electrons. The highest BCUT2D eigenvalue weighted by molar-refractivity contribution is 5.89. The van der Waals surface area contributed by atoms with E-state index in [0.29, 0.717) is 13.1 Å². The molecule has 7 nitrogen and oxygen atoms in total. The number of hydrogen-bond acceptors (Lipinski definition) is 5. The van der Waals surface area contributed by atoms with Crippen molar-refractivity contribution in [3.05, 3.63) is 108 Å². The molecule has 0 bridgehead atoms. The van der Waals surface area contributed by atoms with Crippen molar-refractivity contribution in [3.63, 3.8) is 0 Å². The van der Waals surface area contributed by atoms with E-state index in [9.17, 15) is 4.79 Å². The Bertz CT molecular complexity index is 1650. The van der Waals surface area contributed by atoms with E-state index in [1.54, 1.807) is 0 Å². The second-order valence-corrected chi connectivity index (χ2v) is 9.52. The second kappa shape index (κ2) is 9.28. The van der Waals surface area contributed by atoms with Gasteiger partial charge in [0.2, 0.25) is 5.91 Å². The number of carbonyl (C=O) groups excluding carboxylic acids is 1. The van der Waals surface area contributed by atoms with Crippen molar-refractivity contribution in [2.45, 2.75) is 31.6 Å². The zero-order valence-electron chi connectivity index (χ0n) is 20.5. The third kappa shape index (κ3) is 4.28. The summed E-state index contributed by atoms with van der Waals surface area (Å²) in [6.07, 6.45) is 1.94. The SMILES string of the molecule is CC(NCc1cc2ccccc2o1)(C(N)=O)C(NCc1cc2ccccc2o1)c1c[nH]c2ccccc12. The fraction of sp³-hybridized carbons (Fsp3) is 0.167. The van der Waals surface area contributed by atoms with Gasteiger partial charge in [-0.15, -0.1) is 0 Å². The Hall–Kier alpha value is -4.33. The molecule has 37 heavy (non-hydrogen) atoms. The van der Waals surface area contributed by atoms with Crippen LogP contribution in [-0.4, -0.2) is 16.4 Å². The van der Waals surface area contributed by atoms with Crippen LogP contribution in [0.25, 0.3) is 32.8 Å². The predicted molar refractivity (Wildman–Crippen MR) is 145 cm³/mol. The lowest BCUT2D eigenvalue weighted by Crippen LogP contribution is -2.60. The summed E-state index contributed by atoms with van der Waals surface area (Å²) in [5.41, 5.74) is 8.47. The van der Waals surface area contributed by atoms with Crippen molar-refractivity contribution in [1.82, 2.24) is 15.6 Å². The Morgan fingerprint density at radius 3 is 2.14 bits per heavy atom. The standard InChI is InChI=1S/C30H28N4O3/c1-30(29(31)35,34-17-22-15-20-9-3-7-13-27(20)37-22)28(24-18-32-25-11-5-4-10-23(24)25)33-16-21-14-19-8-2-6-12-26(19)36-21/h2-15,18,28,32-34H,16-17H2,1H3,(H2,31,35). The summed E-state index contributed by atoms with van der Waals surface area (Å²) in [4.78, 5) is 16.4. The number of rotatable bonds is 9. The fourth-order valence-corrected chi connectivity index (χ4v) is 5.01. The van der Waals surface area contributed by atoms with E-state index >= 15 is 0 Å². The van der Waals surface area contributed by atoms with Crippen molar-refractivity contribution in [2.75, 3.05) is 0 Å². The minimum Gasteiger partial charge on any atom is -0.460 e. The molecule has 5 N–H and O–H groups in total. The first kappa shape index (κ1) is 23.1. The quantitative estimate of drug-likeness (QED) is 0.212. The maximum atomic E-state index is 13.1. The van der Waals surface area contributed by atoms with Gasteiger partial charge in [0.05, 0.1) is 19.1 Å². The predicted octanol–water partition coefficient (Wildman–Crippen LogP) is 5.53. The summed E-state index contributed by atoms with van der Waals surface area (Å²) in [6, 6.07) is 27.3. The number of fused-ring (bicyclic) bond motifs is 3. The highest BCUT2D eigenvalue weighted by atomic mass is 16.3. The van der Waals surface area contributed by atoms with Crippen LogP contribution in [0.5, 0.6) is 0 Å². The monoisotopic (exact) mass is 492 g/mol. The summed E-state index contributed by atoms with van der Waals surface area (Å²) in [7, 11) is 0. The lowest BCUT2D eigenvalue weighted by molar-refractivity contribution is -0.125. The van der Waals surface area contributed by atoms with Crippen LogP contribution >= 0.6 is 0 Å². The van der Waals surface area contributed by atoms with E-state index in [1.165, 1.54) is 0 Å². The number of carbonyl (C=O) groups is 1. The van der Waals surface area contributed by atoms with Crippen molar-refractivity contribution in [2.24, 2.45) is 5.73 Å². The van der Waals surface area contributed by atoms with Crippen LogP contribution in [0, 0.1) is 0 Å². The minimum absolute atomic E-state index is 0.333. The number of furan rings is 2. The van der Waals surface area contributed by atoms with Crippen LogP contribution < -0.4 is 16.4 Å². The zero-order valence-corrected chi connectivity index (χ0v) is 20.5. The largest absolute Gasteiger partial charge is 0.460 e. The first-order chi connectivity index (χ1) is 18.0. The van der Waals surface area contributed by atoms with E-state index in [0.717, 1.165) is 49.9 Å². The van der Waals surface area contributed by atoms with Gasteiger partial charge >= 0.3 is 0 Å². The number of aromatic nitrogens is 1. The van der Waals surface area contributed by atoms with Gasteiger partial charge in [0.15, 0.2) is 0 Å². The minimum atomic E-state index is -1.16. The number of aromatic amines is 1. The van der Waals surface area contributed by atoms with E-state index in [4.69, 9.17) is 14.6 Å². The molecule has 0 aliphatic heterocycles. The Morgan fingerprint density at radius 1 is 0.892 bits per heavy atom. The third-order valence-corrected chi connectivity index (χ3v) is 7.08. The Balaban J connectivity index is 1.35. The van der Waals surface area contributed by atoms with Gasteiger partial charge < -0.3 is 24.9 Å². The molecule has 0 aliphatic carbocycles. The van der Waals surface area contributed by atoms with E-state index in [1.807, 2.05) is 98.0 Å². The topological polar surface area (TPSA) is 109 Å². The molecular formula is C30H28N4O3. The van der Waals surface area contributed by atoms with Crippen molar-refractivity contribution >= 4 is 38.7 Å². The molecule has 3 heterocycles. The number of amides is 1. The Morgan fingerprint density at radius 2 is 1.49 bits per heavy atom. The van der Waals surface area contributed by atoms with Gasteiger partial charge in [-0.05, 0) is 42.8 Å².